The van der Waals surface area contributed by atoms with Crippen molar-refractivity contribution in [1.29, 1.82) is 0 Å². The minimum Gasteiger partial charge on any atom is -0.334 e. The number of rotatable bonds is 8. The van der Waals surface area contributed by atoms with Crippen molar-refractivity contribution in [2.75, 3.05) is 16.0 Å². The minimum absolute atomic E-state index is 0.120. The summed E-state index contributed by atoms with van der Waals surface area (Å²) in [6.07, 6.45) is 6.05. The number of hydrogen-bond donors (Lipinski definition) is 3. The molecule has 0 aliphatic heterocycles. The summed E-state index contributed by atoms with van der Waals surface area (Å²) in [5, 5.41) is 19.7. The van der Waals surface area contributed by atoms with Gasteiger partial charge in [0.15, 0.2) is 0 Å². The average molecular weight is 495 g/mol. The summed E-state index contributed by atoms with van der Waals surface area (Å²) in [6, 6.07) is 21.0. The van der Waals surface area contributed by atoms with Gasteiger partial charge in [-0.25, -0.2) is 9.97 Å². The minimum atomic E-state index is -0.489. The van der Waals surface area contributed by atoms with Crippen LogP contribution in [0.3, 0.4) is 0 Å². The summed E-state index contributed by atoms with van der Waals surface area (Å²) in [4.78, 5) is 42.5. The maximum atomic E-state index is 12.4. The smallest absolute Gasteiger partial charge is 0.311 e. The van der Waals surface area contributed by atoms with Gasteiger partial charge in [-0.05, 0) is 65.2 Å². The molecule has 37 heavy (non-hydrogen) atoms. The zero-order chi connectivity index (χ0) is 26.2. The molecular formula is C27H22N6O4. The molecule has 2 amide bonds. The molecule has 0 saturated heterocycles. The Kier molecular flexibility index (Phi) is 7.60. The van der Waals surface area contributed by atoms with E-state index >= 15 is 0 Å². The molecule has 2 aromatic carbocycles. The molecule has 0 fully saturated rings. The van der Waals surface area contributed by atoms with Gasteiger partial charge in [0.05, 0.1) is 4.92 Å². The number of nitrogens with one attached hydrogen (secondary N) is 3. The fourth-order valence-corrected chi connectivity index (χ4v) is 3.44. The summed E-state index contributed by atoms with van der Waals surface area (Å²) < 4.78 is 0. The Labute approximate surface area is 212 Å². The first-order valence-electron chi connectivity index (χ1n) is 11.2. The Balaban J connectivity index is 1.44. The van der Waals surface area contributed by atoms with Gasteiger partial charge >= 0.3 is 5.69 Å². The van der Waals surface area contributed by atoms with Crippen molar-refractivity contribution in [2.24, 2.45) is 0 Å². The Morgan fingerprint density at radius 2 is 1.62 bits per heavy atom. The van der Waals surface area contributed by atoms with Gasteiger partial charge in [-0.15, -0.1) is 0 Å². The highest BCUT2D eigenvalue weighted by Gasteiger charge is 2.14. The van der Waals surface area contributed by atoms with E-state index in [1.807, 2.05) is 36.4 Å². The highest BCUT2D eigenvalue weighted by molar-refractivity contribution is 6.02. The summed E-state index contributed by atoms with van der Waals surface area (Å²) in [7, 11) is 0. The zero-order valence-electron chi connectivity index (χ0n) is 19.7. The van der Waals surface area contributed by atoms with Gasteiger partial charge in [0.25, 0.3) is 0 Å². The van der Waals surface area contributed by atoms with E-state index in [1.54, 1.807) is 36.5 Å². The van der Waals surface area contributed by atoms with E-state index < -0.39 is 4.92 Å². The fourth-order valence-electron chi connectivity index (χ4n) is 3.44. The number of nitrogens with zero attached hydrogens (tertiary/aromatic N) is 3. The molecule has 3 N–H and O–H groups in total. The van der Waals surface area contributed by atoms with Crippen molar-refractivity contribution in [3.63, 3.8) is 0 Å². The van der Waals surface area contributed by atoms with E-state index in [2.05, 4.69) is 25.9 Å². The predicted octanol–water partition coefficient (Wildman–Crippen LogP) is 5.41. The molecule has 10 heteroatoms. The maximum absolute atomic E-state index is 12.4. The number of anilines is 4. The third-order valence-corrected chi connectivity index (χ3v) is 5.09. The highest BCUT2D eigenvalue weighted by Crippen LogP contribution is 2.29. The van der Waals surface area contributed by atoms with Gasteiger partial charge in [0.1, 0.15) is 5.82 Å². The lowest BCUT2D eigenvalue weighted by atomic mass is 10.0. The molecule has 0 atom stereocenters. The molecule has 0 aliphatic rings. The maximum Gasteiger partial charge on any atom is 0.311 e. The summed E-state index contributed by atoms with van der Waals surface area (Å²) >= 11 is 0. The van der Waals surface area contributed by atoms with Crippen molar-refractivity contribution in [3.05, 3.63) is 107 Å². The van der Waals surface area contributed by atoms with E-state index in [4.69, 9.17) is 0 Å². The van der Waals surface area contributed by atoms with Crippen LogP contribution in [-0.2, 0) is 9.59 Å². The normalized spacial score (nSPS) is 10.6. The predicted molar refractivity (Wildman–Crippen MR) is 142 cm³/mol. The second-order valence-electron chi connectivity index (χ2n) is 7.90. The topological polar surface area (TPSA) is 139 Å². The van der Waals surface area contributed by atoms with E-state index in [0.29, 0.717) is 22.8 Å². The van der Waals surface area contributed by atoms with Crippen molar-refractivity contribution in [1.82, 2.24) is 9.97 Å². The second kappa shape index (κ2) is 11.4. The van der Waals surface area contributed by atoms with Crippen molar-refractivity contribution in [3.8, 4) is 11.1 Å². The molecule has 0 bridgehead atoms. The van der Waals surface area contributed by atoms with Gasteiger partial charge < -0.3 is 16.0 Å². The molecule has 4 aromatic rings. The van der Waals surface area contributed by atoms with Crippen LogP contribution in [0.1, 0.15) is 12.5 Å². The van der Waals surface area contributed by atoms with E-state index in [9.17, 15) is 19.7 Å². The van der Waals surface area contributed by atoms with E-state index in [0.717, 1.165) is 11.1 Å². The van der Waals surface area contributed by atoms with Crippen LogP contribution in [0, 0.1) is 10.1 Å². The third-order valence-electron chi connectivity index (χ3n) is 5.09. The lowest BCUT2D eigenvalue weighted by Crippen LogP contribution is -2.08. The standard InChI is InChI=1S/C27H22N6O4/c1-18(34)30-25-12-10-19(17-29-25)11-13-26(35)31-22-7-2-5-20(15-22)21-6-3-8-23(16-21)32-27-24(33(36)37)9-4-14-28-27/h2-17H,1H3,(H,28,32)(H,31,35)(H,29,30,34)/b13-11+. The molecule has 0 radical (unpaired) electrons. The van der Waals surface area contributed by atoms with Crippen LogP contribution >= 0.6 is 0 Å². The summed E-state index contributed by atoms with van der Waals surface area (Å²) in [5.74, 6) is 0.0550. The molecule has 2 aromatic heterocycles. The van der Waals surface area contributed by atoms with Gasteiger partial charge in [-0.3, -0.25) is 19.7 Å². The molecule has 0 unspecified atom stereocenters. The number of benzene rings is 2. The van der Waals surface area contributed by atoms with Crippen LogP contribution < -0.4 is 16.0 Å². The number of amides is 2. The van der Waals surface area contributed by atoms with Crippen LogP contribution in [0.4, 0.5) is 28.7 Å². The van der Waals surface area contributed by atoms with Gasteiger partial charge in [-0.1, -0.05) is 24.3 Å². The molecule has 0 spiro atoms. The average Bonchev–Trinajstić information content (AvgIpc) is 2.88. The number of aromatic nitrogens is 2. The number of carbonyl (C=O) groups is 2. The molecule has 184 valence electrons. The van der Waals surface area contributed by atoms with Crippen molar-refractivity contribution in [2.45, 2.75) is 6.92 Å². The number of pyridine rings is 2. The van der Waals surface area contributed by atoms with Crippen LogP contribution in [0.2, 0.25) is 0 Å². The number of hydrogen-bond acceptors (Lipinski definition) is 7. The Morgan fingerprint density at radius 3 is 2.30 bits per heavy atom. The summed E-state index contributed by atoms with van der Waals surface area (Å²) in [6.45, 7) is 1.40. The lowest BCUT2D eigenvalue weighted by Gasteiger charge is -2.10. The van der Waals surface area contributed by atoms with Crippen LogP contribution in [0.25, 0.3) is 17.2 Å². The third kappa shape index (κ3) is 6.83. The largest absolute Gasteiger partial charge is 0.334 e. The number of carbonyl (C=O) groups excluding carboxylic acids is 2. The van der Waals surface area contributed by atoms with Crippen LogP contribution in [0.15, 0.2) is 91.3 Å². The summed E-state index contributed by atoms with van der Waals surface area (Å²) in [5.41, 5.74) is 3.51. The number of nitro groups is 1. The lowest BCUT2D eigenvalue weighted by molar-refractivity contribution is -0.384. The Bertz CT molecular complexity index is 1480. The quantitative estimate of drug-likeness (QED) is 0.169. The Morgan fingerprint density at radius 1 is 0.892 bits per heavy atom. The monoisotopic (exact) mass is 494 g/mol. The van der Waals surface area contributed by atoms with E-state index in [-0.39, 0.29) is 23.3 Å². The molecule has 2 heterocycles. The van der Waals surface area contributed by atoms with Gasteiger partial charge in [0.2, 0.25) is 17.6 Å². The first kappa shape index (κ1) is 24.7. The van der Waals surface area contributed by atoms with Gasteiger partial charge in [0, 0.05) is 42.8 Å². The second-order valence-corrected chi connectivity index (χ2v) is 7.90. The molecule has 4 rings (SSSR count). The first-order chi connectivity index (χ1) is 17.9. The zero-order valence-corrected chi connectivity index (χ0v) is 19.7. The fraction of sp³-hybridized carbons (Fsp3) is 0.0370. The van der Waals surface area contributed by atoms with Crippen molar-refractivity contribution < 1.29 is 14.5 Å². The first-order valence-corrected chi connectivity index (χ1v) is 11.2. The van der Waals surface area contributed by atoms with Crippen LogP contribution in [-0.4, -0.2) is 26.7 Å². The SMILES string of the molecule is CC(=O)Nc1ccc(/C=C/C(=O)Nc2cccc(-c3cccc(Nc4ncccc4[N+](=O)[O-])c3)c2)cn1. The highest BCUT2D eigenvalue weighted by atomic mass is 16.6. The van der Waals surface area contributed by atoms with Crippen LogP contribution in [0.5, 0.6) is 0 Å². The Hall–Kier alpha value is -5.38. The van der Waals surface area contributed by atoms with E-state index in [1.165, 1.54) is 31.3 Å². The van der Waals surface area contributed by atoms with Gasteiger partial charge in [-0.2, -0.15) is 0 Å². The van der Waals surface area contributed by atoms with Crippen molar-refractivity contribution >= 4 is 46.6 Å². The molecular weight excluding hydrogens is 472 g/mol. The molecule has 0 aliphatic carbocycles. The molecule has 0 saturated carbocycles. The molecule has 10 nitrogen and oxygen atoms in total.